The summed E-state index contributed by atoms with van der Waals surface area (Å²) in [5, 5.41) is 0. The molecular weight excluding hydrogens is 292 g/mol. The summed E-state index contributed by atoms with van der Waals surface area (Å²) in [4.78, 5) is 23.3. The maximum atomic E-state index is 11.9. The zero-order valence-corrected chi connectivity index (χ0v) is 15.2. The molecule has 0 spiro atoms. The molecule has 0 saturated heterocycles. The van der Waals surface area contributed by atoms with Crippen molar-refractivity contribution in [2.75, 3.05) is 13.2 Å². The number of hydrogen-bond donors (Lipinski definition) is 0. The van der Waals surface area contributed by atoms with Crippen LogP contribution in [0.15, 0.2) is 11.1 Å². The monoisotopic (exact) mass is 324 g/mol. The zero-order valence-electron chi connectivity index (χ0n) is 15.2. The lowest BCUT2D eigenvalue weighted by molar-refractivity contribution is -0.143. The minimum Gasteiger partial charge on any atom is -0.466 e. The molecule has 0 radical (unpaired) electrons. The second kappa shape index (κ2) is 9.74. The third-order valence-corrected chi connectivity index (χ3v) is 4.57. The number of carbonyl (C=O) groups is 2. The molecule has 1 aliphatic rings. The van der Waals surface area contributed by atoms with Gasteiger partial charge in [0.05, 0.1) is 19.6 Å². The molecule has 0 bridgehead atoms. The van der Waals surface area contributed by atoms with Crippen LogP contribution in [0.25, 0.3) is 0 Å². The van der Waals surface area contributed by atoms with Gasteiger partial charge in [0.2, 0.25) is 0 Å². The lowest BCUT2D eigenvalue weighted by Crippen LogP contribution is -2.24. The van der Waals surface area contributed by atoms with Crippen LogP contribution < -0.4 is 0 Å². The number of esters is 2. The number of ether oxygens (including phenoxy) is 2. The quantitative estimate of drug-likeness (QED) is 0.354. The van der Waals surface area contributed by atoms with Crippen molar-refractivity contribution in [3.05, 3.63) is 11.1 Å². The van der Waals surface area contributed by atoms with Crippen LogP contribution in [0.1, 0.15) is 79.1 Å². The van der Waals surface area contributed by atoms with Crippen LogP contribution in [0.3, 0.4) is 0 Å². The molecule has 4 nitrogen and oxygen atoms in total. The van der Waals surface area contributed by atoms with E-state index in [-0.39, 0.29) is 17.4 Å². The molecule has 0 N–H and O–H groups in total. The normalized spacial score (nSPS) is 17.0. The van der Waals surface area contributed by atoms with Gasteiger partial charge in [-0.05, 0) is 57.8 Å². The van der Waals surface area contributed by atoms with E-state index in [1.807, 2.05) is 13.8 Å². The van der Waals surface area contributed by atoms with Crippen LogP contribution in [-0.4, -0.2) is 25.2 Å². The van der Waals surface area contributed by atoms with Crippen LogP contribution in [0, 0.1) is 5.41 Å². The summed E-state index contributed by atoms with van der Waals surface area (Å²) < 4.78 is 10.1. The van der Waals surface area contributed by atoms with Gasteiger partial charge in [0, 0.05) is 6.42 Å². The van der Waals surface area contributed by atoms with Crippen LogP contribution in [0.2, 0.25) is 0 Å². The standard InChI is InChI=1S/C19H32O4/c1-5-22-17(20)12-8-7-10-15-11-9-13-19(3,4)16(15)14-18(21)23-6-2/h5-14H2,1-4H3. The minimum absolute atomic E-state index is 0.0709. The van der Waals surface area contributed by atoms with E-state index in [9.17, 15) is 9.59 Å². The summed E-state index contributed by atoms with van der Waals surface area (Å²) in [6.07, 6.45) is 7.04. The molecule has 1 rings (SSSR count). The second-order valence-electron chi connectivity index (χ2n) is 6.81. The predicted octanol–water partition coefficient (Wildman–Crippen LogP) is 4.57. The Morgan fingerprint density at radius 2 is 1.70 bits per heavy atom. The SMILES string of the molecule is CCOC(=O)CCCCC1=C(CC(=O)OCC)C(C)(C)CCC1. The van der Waals surface area contributed by atoms with E-state index in [0.29, 0.717) is 26.1 Å². The van der Waals surface area contributed by atoms with Crippen LogP contribution in [0.5, 0.6) is 0 Å². The number of allylic oxidation sites excluding steroid dienone is 1. The average molecular weight is 324 g/mol. The molecule has 23 heavy (non-hydrogen) atoms. The van der Waals surface area contributed by atoms with Gasteiger partial charge in [0.1, 0.15) is 0 Å². The Labute approximate surface area is 140 Å². The summed E-state index contributed by atoms with van der Waals surface area (Å²) >= 11 is 0. The van der Waals surface area contributed by atoms with Gasteiger partial charge in [-0.15, -0.1) is 0 Å². The van der Waals surface area contributed by atoms with Gasteiger partial charge < -0.3 is 9.47 Å². The largest absolute Gasteiger partial charge is 0.466 e. The van der Waals surface area contributed by atoms with Gasteiger partial charge in [0.15, 0.2) is 0 Å². The number of carbonyl (C=O) groups excluding carboxylic acids is 2. The van der Waals surface area contributed by atoms with Crippen molar-refractivity contribution >= 4 is 11.9 Å². The Morgan fingerprint density at radius 3 is 2.35 bits per heavy atom. The number of rotatable bonds is 9. The molecule has 0 amide bonds. The van der Waals surface area contributed by atoms with Crippen LogP contribution in [-0.2, 0) is 19.1 Å². The summed E-state index contributed by atoms with van der Waals surface area (Å²) in [6, 6.07) is 0. The molecule has 1 aliphatic carbocycles. The first-order valence-electron chi connectivity index (χ1n) is 8.93. The van der Waals surface area contributed by atoms with Gasteiger partial charge in [-0.2, -0.15) is 0 Å². The van der Waals surface area contributed by atoms with E-state index in [0.717, 1.165) is 32.1 Å². The second-order valence-corrected chi connectivity index (χ2v) is 6.81. The zero-order chi connectivity index (χ0) is 17.3. The maximum Gasteiger partial charge on any atom is 0.309 e. The van der Waals surface area contributed by atoms with Crippen molar-refractivity contribution in [1.82, 2.24) is 0 Å². The molecule has 0 saturated carbocycles. The van der Waals surface area contributed by atoms with Crippen molar-refractivity contribution in [3.8, 4) is 0 Å². The highest BCUT2D eigenvalue weighted by Gasteiger charge is 2.31. The Morgan fingerprint density at radius 1 is 1.04 bits per heavy atom. The van der Waals surface area contributed by atoms with Crippen molar-refractivity contribution in [2.45, 2.75) is 79.1 Å². The van der Waals surface area contributed by atoms with Crippen molar-refractivity contribution in [2.24, 2.45) is 5.41 Å². The van der Waals surface area contributed by atoms with Gasteiger partial charge in [-0.1, -0.05) is 25.0 Å². The number of hydrogen-bond acceptors (Lipinski definition) is 4. The highest BCUT2D eigenvalue weighted by atomic mass is 16.5. The molecule has 0 aliphatic heterocycles. The van der Waals surface area contributed by atoms with E-state index in [2.05, 4.69) is 13.8 Å². The third kappa shape index (κ3) is 6.76. The van der Waals surface area contributed by atoms with Gasteiger partial charge in [0.25, 0.3) is 0 Å². The summed E-state index contributed by atoms with van der Waals surface area (Å²) in [5.74, 6) is -0.237. The summed E-state index contributed by atoms with van der Waals surface area (Å²) in [6.45, 7) is 8.99. The molecule has 4 heteroatoms. The molecule has 0 atom stereocenters. The van der Waals surface area contributed by atoms with E-state index >= 15 is 0 Å². The Hall–Kier alpha value is -1.32. The topological polar surface area (TPSA) is 52.6 Å². The maximum absolute atomic E-state index is 11.9. The van der Waals surface area contributed by atoms with Crippen LogP contribution in [0.4, 0.5) is 0 Å². The Bertz CT molecular complexity index is 435. The molecule has 0 heterocycles. The smallest absolute Gasteiger partial charge is 0.309 e. The molecule has 0 fully saturated rings. The molecule has 0 aromatic rings. The van der Waals surface area contributed by atoms with Crippen molar-refractivity contribution in [1.29, 1.82) is 0 Å². The fourth-order valence-electron chi connectivity index (χ4n) is 3.36. The molecule has 0 unspecified atom stereocenters. The predicted molar refractivity (Wildman–Crippen MR) is 91.0 cm³/mol. The molecule has 0 aromatic heterocycles. The van der Waals surface area contributed by atoms with E-state index in [4.69, 9.17) is 9.47 Å². The summed E-state index contributed by atoms with van der Waals surface area (Å²) in [5.41, 5.74) is 2.73. The fourth-order valence-corrected chi connectivity index (χ4v) is 3.36. The first-order chi connectivity index (χ1) is 10.9. The fraction of sp³-hybridized carbons (Fsp3) is 0.789. The van der Waals surface area contributed by atoms with Crippen LogP contribution >= 0.6 is 0 Å². The number of unbranched alkanes of at least 4 members (excludes halogenated alkanes) is 1. The highest BCUT2D eigenvalue weighted by molar-refractivity contribution is 5.73. The first-order valence-corrected chi connectivity index (χ1v) is 8.93. The minimum atomic E-state index is -0.124. The molecule has 132 valence electrons. The van der Waals surface area contributed by atoms with Crippen molar-refractivity contribution in [3.63, 3.8) is 0 Å². The molecular formula is C19H32O4. The van der Waals surface area contributed by atoms with Crippen molar-refractivity contribution < 1.29 is 19.1 Å². The lowest BCUT2D eigenvalue weighted by atomic mass is 9.70. The van der Waals surface area contributed by atoms with Gasteiger partial charge >= 0.3 is 11.9 Å². The van der Waals surface area contributed by atoms with E-state index in [1.54, 1.807) is 0 Å². The van der Waals surface area contributed by atoms with E-state index in [1.165, 1.54) is 17.6 Å². The Kier molecular flexibility index (Phi) is 8.35. The lowest BCUT2D eigenvalue weighted by Gasteiger charge is -2.35. The third-order valence-electron chi connectivity index (χ3n) is 4.57. The highest BCUT2D eigenvalue weighted by Crippen LogP contribution is 2.43. The molecule has 0 aromatic carbocycles. The first kappa shape index (κ1) is 19.7. The van der Waals surface area contributed by atoms with E-state index < -0.39 is 0 Å². The summed E-state index contributed by atoms with van der Waals surface area (Å²) in [7, 11) is 0. The Balaban J connectivity index is 2.63. The van der Waals surface area contributed by atoms with Gasteiger partial charge in [-0.3, -0.25) is 9.59 Å². The van der Waals surface area contributed by atoms with Gasteiger partial charge in [-0.25, -0.2) is 0 Å². The average Bonchev–Trinajstić information content (AvgIpc) is 2.47.